The van der Waals surface area contributed by atoms with E-state index in [4.69, 9.17) is 10.3 Å². The van der Waals surface area contributed by atoms with Crippen molar-refractivity contribution in [1.29, 1.82) is 0 Å². The van der Waals surface area contributed by atoms with Crippen LogP contribution in [0.25, 0.3) is 0 Å². The van der Waals surface area contributed by atoms with E-state index < -0.39 is 0 Å². The molecule has 0 saturated carbocycles. The van der Waals surface area contributed by atoms with Gasteiger partial charge < -0.3 is 4.42 Å². The first kappa shape index (κ1) is 11.7. The Balaban J connectivity index is 2.77. The summed E-state index contributed by atoms with van der Waals surface area (Å²) in [6, 6.07) is 2.01. The van der Waals surface area contributed by atoms with E-state index in [1.807, 2.05) is 7.05 Å². The van der Waals surface area contributed by atoms with E-state index in [2.05, 4.69) is 24.2 Å². The van der Waals surface area contributed by atoms with Crippen molar-refractivity contribution in [3.63, 3.8) is 0 Å². The minimum Gasteiger partial charge on any atom is -0.467 e. The molecule has 0 bridgehead atoms. The predicted molar refractivity (Wildman–Crippen MR) is 57.0 cm³/mol. The number of amides is 1. The normalized spacial score (nSPS) is 11.1. The lowest BCUT2D eigenvalue weighted by Crippen LogP contribution is -2.31. The summed E-state index contributed by atoms with van der Waals surface area (Å²) in [5.41, 5.74) is 2.58. The summed E-state index contributed by atoms with van der Waals surface area (Å²) in [6.07, 6.45) is 1.49. The summed E-state index contributed by atoms with van der Waals surface area (Å²) in [4.78, 5) is 13.4. The highest BCUT2D eigenvalue weighted by Gasteiger charge is 2.15. The van der Waals surface area contributed by atoms with Gasteiger partial charge in [0.15, 0.2) is 0 Å². The first-order valence-electron chi connectivity index (χ1n) is 4.83. The van der Waals surface area contributed by atoms with Gasteiger partial charge >= 0.3 is 0 Å². The van der Waals surface area contributed by atoms with Crippen molar-refractivity contribution in [2.75, 3.05) is 7.05 Å². The van der Waals surface area contributed by atoms with Crippen LogP contribution in [0.4, 0.5) is 0 Å². The number of nitrogens with two attached hydrogens (primary N) is 1. The molecule has 3 N–H and O–H groups in total. The highest BCUT2D eigenvalue weighted by Crippen LogP contribution is 2.13. The molecule has 5 heteroatoms. The number of carbonyl (C=O) groups is 1. The van der Waals surface area contributed by atoms with Crippen molar-refractivity contribution in [2.24, 2.45) is 5.84 Å². The molecule has 0 spiro atoms. The first-order valence-corrected chi connectivity index (χ1v) is 4.83. The molecular formula is C10H17N3O2. The molecule has 0 unspecified atom stereocenters. The molecule has 1 aromatic heterocycles. The lowest BCUT2D eigenvalue weighted by atomic mass is 10.2. The molecule has 0 aromatic carbocycles. The predicted octanol–water partition coefficient (Wildman–Crippen LogP) is 0.723. The van der Waals surface area contributed by atoms with Crippen molar-refractivity contribution in [1.82, 2.24) is 10.3 Å². The molecule has 1 rings (SSSR count). The molecular weight excluding hydrogens is 194 g/mol. The van der Waals surface area contributed by atoms with Gasteiger partial charge in [0, 0.05) is 6.04 Å². The topological polar surface area (TPSA) is 71.5 Å². The molecule has 0 atom stereocenters. The molecule has 0 aliphatic rings. The number of nitrogen functional groups attached to an aromatic ring is 1. The zero-order valence-electron chi connectivity index (χ0n) is 9.28. The second-order valence-electron chi connectivity index (χ2n) is 3.74. The van der Waals surface area contributed by atoms with E-state index in [0.29, 0.717) is 23.9 Å². The summed E-state index contributed by atoms with van der Waals surface area (Å²) in [5.74, 6) is 5.38. The quantitative estimate of drug-likeness (QED) is 0.437. The molecule has 0 radical (unpaired) electrons. The van der Waals surface area contributed by atoms with E-state index >= 15 is 0 Å². The van der Waals surface area contributed by atoms with Gasteiger partial charge in [-0.3, -0.25) is 15.1 Å². The molecule has 1 aromatic rings. The van der Waals surface area contributed by atoms with Crippen molar-refractivity contribution in [3.05, 3.63) is 23.7 Å². The van der Waals surface area contributed by atoms with Gasteiger partial charge in [0.2, 0.25) is 0 Å². The first-order chi connectivity index (χ1) is 7.06. The van der Waals surface area contributed by atoms with Gasteiger partial charge in [0.25, 0.3) is 5.91 Å². The third kappa shape index (κ3) is 2.81. The molecule has 0 aliphatic carbocycles. The summed E-state index contributed by atoms with van der Waals surface area (Å²) >= 11 is 0. The van der Waals surface area contributed by atoms with E-state index in [-0.39, 0.29) is 5.91 Å². The van der Waals surface area contributed by atoms with E-state index in [9.17, 15) is 4.79 Å². The number of nitrogens with one attached hydrogen (secondary N) is 1. The van der Waals surface area contributed by atoms with Crippen LogP contribution in [-0.2, 0) is 6.54 Å². The molecule has 0 saturated heterocycles. The van der Waals surface area contributed by atoms with E-state index in [1.165, 1.54) is 6.26 Å². The third-order valence-corrected chi connectivity index (χ3v) is 2.40. The van der Waals surface area contributed by atoms with Crippen molar-refractivity contribution in [3.8, 4) is 0 Å². The van der Waals surface area contributed by atoms with Crippen molar-refractivity contribution in [2.45, 2.75) is 26.4 Å². The van der Waals surface area contributed by atoms with Crippen LogP contribution in [0.15, 0.2) is 16.7 Å². The zero-order chi connectivity index (χ0) is 11.4. The summed E-state index contributed by atoms with van der Waals surface area (Å²) in [6.45, 7) is 4.74. The molecule has 0 fully saturated rings. The monoisotopic (exact) mass is 211 g/mol. The van der Waals surface area contributed by atoms with Gasteiger partial charge in [-0.2, -0.15) is 0 Å². The minimum atomic E-state index is -0.323. The average molecular weight is 211 g/mol. The Bertz CT molecular complexity index is 333. The second kappa shape index (κ2) is 4.95. The van der Waals surface area contributed by atoms with Gasteiger partial charge in [-0.1, -0.05) is 0 Å². The molecule has 5 nitrogen and oxygen atoms in total. The van der Waals surface area contributed by atoms with Gasteiger partial charge in [-0.05, 0) is 27.0 Å². The van der Waals surface area contributed by atoms with Gasteiger partial charge in [0.05, 0.1) is 18.4 Å². The Labute approximate surface area is 89.2 Å². The van der Waals surface area contributed by atoms with Crippen molar-refractivity contribution >= 4 is 5.91 Å². The summed E-state index contributed by atoms with van der Waals surface area (Å²) in [5, 5.41) is 0. The number of hydrogen-bond donors (Lipinski definition) is 2. The SMILES string of the molecule is CC(C)N(C)Cc1occc1C(=O)NN. The fourth-order valence-corrected chi connectivity index (χ4v) is 1.15. The number of nitrogens with zero attached hydrogens (tertiary/aromatic N) is 1. The van der Waals surface area contributed by atoms with Crippen LogP contribution in [0.1, 0.15) is 30.0 Å². The Morgan fingerprint density at radius 1 is 1.67 bits per heavy atom. The maximum Gasteiger partial charge on any atom is 0.268 e. The number of rotatable bonds is 4. The van der Waals surface area contributed by atoms with Crippen LogP contribution < -0.4 is 11.3 Å². The Morgan fingerprint density at radius 3 is 2.87 bits per heavy atom. The number of hydrazine groups is 1. The number of furan rings is 1. The minimum absolute atomic E-state index is 0.323. The van der Waals surface area contributed by atoms with Crippen molar-refractivity contribution < 1.29 is 9.21 Å². The van der Waals surface area contributed by atoms with Gasteiger partial charge in [-0.25, -0.2) is 5.84 Å². The van der Waals surface area contributed by atoms with Crippen LogP contribution in [0.2, 0.25) is 0 Å². The molecule has 15 heavy (non-hydrogen) atoms. The Morgan fingerprint density at radius 2 is 2.33 bits per heavy atom. The van der Waals surface area contributed by atoms with E-state index in [0.717, 1.165) is 0 Å². The smallest absolute Gasteiger partial charge is 0.268 e. The van der Waals surface area contributed by atoms with Crippen LogP contribution >= 0.6 is 0 Å². The van der Waals surface area contributed by atoms with Crippen LogP contribution in [0.3, 0.4) is 0 Å². The average Bonchev–Trinajstić information content (AvgIpc) is 2.64. The fraction of sp³-hybridized carbons (Fsp3) is 0.500. The Kier molecular flexibility index (Phi) is 3.88. The highest BCUT2D eigenvalue weighted by atomic mass is 16.3. The second-order valence-corrected chi connectivity index (χ2v) is 3.74. The molecule has 0 aliphatic heterocycles. The summed E-state index contributed by atoms with van der Waals surface area (Å²) < 4.78 is 5.25. The van der Waals surface area contributed by atoms with Gasteiger partial charge in [-0.15, -0.1) is 0 Å². The van der Waals surface area contributed by atoms with Crippen LogP contribution in [-0.4, -0.2) is 23.9 Å². The maximum absolute atomic E-state index is 11.3. The highest BCUT2D eigenvalue weighted by molar-refractivity contribution is 5.94. The molecule has 1 heterocycles. The third-order valence-electron chi connectivity index (χ3n) is 2.40. The summed E-state index contributed by atoms with van der Waals surface area (Å²) in [7, 11) is 1.97. The fourth-order valence-electron chi connectivity index (χ4n) is 1.15. The Hall–Kier alpha value is -1.33. The van der Waals surface area contributed by atoms with Gasteiger partial charge in [0.1, 0.15) is 5.76 Å². The number of carbonyl (C=O) groups excluding carboxylic acids is 1. The van der Waals surface area contributed by atoms with Crippen LogP contribution in [0, 0.1) is 0 Å². The number of hydrogen-bond acceptors (Lipinski definition) is 4. The lowest BCUT2D eigenvalue weighted by Gasteiger charge is -2.19. The maximum atomic E-state index is 11.3. The largest absolute Gasteiger partial charge is 0.467 e. The molecule has 84 valence electrons. The van der Waals surface area contributed by atoms with E-state index in [1.54, 1.807) is 6.07 Å². The lowest BCUT2D eigenvalue weighted by molar-refractivity contribution is 0.0949. The van der Waals surface area contributed by atoms with Crippen LogP contribution in [0.5, 0.6) is 0 Å². The standard InChI is InChI=1S/C10H17N3O2/c1-7(2)13(3)6-9-8(4-5-15-9)10(14)12-11/h4-5,7H,6,11H2,1-3H3,(H,12,14). The molecule has 1 amide bonds. The zero-order valence-corrected chi connectivity index (χ0v) is 9.28.